The van der Waals surface area contributed by atoms with Crippen molar-refractivity contribution in [3.8, 4) is 0 Å². The van der Waals surface area contributed by atoms with Crippen molar-refractivity contribution >= 4 is 17.7 Å². The third-order valence-electron chi connectivity index (χ3n) is 6.37. The number of rotatable bonds is 8. The summed E-state index contributed by atoms with van der Waals surface area (Å²) in [4.78, 5) is 14.7. The normalized spacial score (nSPS) is 28.6. The van der Waals surface area contributed by atoms with Gasteiger partial charge >= 0.3 is 0 Å². The van der Waals surface area contributed by atoms with Crippen molar-refractivity contribution in [3.05, 3.63) is 0 Å². The molecule has 158 valence electrons. The summed E-state index contributed by atoms with van der Waals surface area (Å²) >= 11 is 0. The van der Waals surface area contributed by atoms with Crippen LogP contribution in [0.2, 0.25) is 0 Å². The van der Waals surface area contributed by atoms with Gasteiger partial charge in [-0.25, -0.2) is 15.0 Å². The first-order valence-corrected chi connectivity index (χ1v) is 10.9. The van der Waals surface area contributed by atoms with Crippen LogP contribution < -0.4 is 0 Å². The molecule has 3 heterocycles. The average molecular weight is 392 g/mol. The van der Waals surface area contributed by atoms with E-state index in [9.17, 15) is 0 Å². The predicted molar refractivity (Wildman–Crippen MR) is 113 cm³/mol. The van der Waals surface area contributed by atoms with Crippen LogP contribution in [0.4, 0.5) is 0 Å². The summed E-state index contributed by atoms with van der Waals surface area (Å²) in [6.45, 7) is 17.1. The van der Waals surface area contributed by atoms with Gasteiger partial charge in [-0.2, -0.15) is 0 Å². The van der Waals surface area contributed by atoms with Crippen molar-refractivity contribution < 1.29 is 14.2 Å². The molecule has 28 heavy (non-hydrogen) atoms. The highest BCUT2D eigenvalue weighted by atomic mass is 16.5. The third kappa shape index (κ3) is 4.20. The standard InChI is InChI=1S/C22H37N3O3/c1-8-15(6)18-12-26-19(23-18)9-22(7,20-24-16(10-27-20)13(2)3)21-25-17(11-28-21)14(4)5/h13-18H,8-12H2,1-7H3/t15?,16-,17-,18-/m1/s1. The molecule has 0 amide bonds. The fraction of sp³-hybridized carbons (Fsp3) is 0.864. The van der Waals surface area contributed by atoms with Crippen molar-refractivity contribution in [1.82, 2.24) is 0 Å². The molecular weight excluding hydrogens is 354 g/mol. The van der Waals surface area contributed by atoms with Gasteiger partial charge < -0.3 is 14.2 Å². The lowest BCUT2D eigenvalue weighted by molar-refractivity contribution is 0.237. The number of ether oxygens (including phenoxy) is 3. The van der Waals surface area contributed by atoms with Crippen molar-refractivity contribution in [1.29, 1.82) is 0 Å². The quantitative estimate of drug-likeness (QED) is 0.625. The van der Waals surface area contributed by atoms with Crippen LogP contribution in [0.25, 0.3) is 0 Å². The third-order valence-corrected chi connectivity index (χ3v) is 6.37. The Morgan fingerprint density at radius 2 is 1.32 bits per heavy atom. The van der Waals surface area contributed by atoms with Gasteiger partial charge in [-0.15, -0.1) is 0 Å². The smallest absolute Gasteiger partial charge is 0.199 e. The van der Waals surface area contributed by atoms with Gasteiger partial charge in [-0.1, -0.05) is 48.0 Å². The highest BCUT2D eigenvalue weighted by molar-refractivity contribution is 6.08. The highest BCUT2D eigenvalue weighted by Gasteiger charge is 2.47. The first-order chi connectivity index (χ1) is 13.2. The van der Waals surface area contributed by atoms with E-state index in [2.05, 4.69) is 48.5 Å². The summed E-state index contributed by atoms with van der Waals surface area (Å²) in [5.74, 6) is 3.59. The second-order valence-electron chi connectivity index (χ2n) is 9.41. The van der Waals surface area contributed by atoms with Crippen LogP contribution in [0.5, 0.6) is 0 Å². The minimum absolute atomic E-state index is 0.177. The van der Waals surface area contributed by atoms with Crippen LogP contribution in [0, 0.1) is 23.2 Å². The van der Waals surface area contributed by atoms with E-state index in [1.165, 1.54) is 0 Å². The van der Waals surface area contributed by atoms with Crippen molar-refractivity contribution in [2.45, 2.75) is 79.4 Å². The van der Waals surface area contributed by atoms with E-state index in [-0.39, 0.29) is 18.1 Å². The summed E-state index contributed by atoms with van der Waals surface area (Å²) in [6, 6.07) is 0.585. The van der Waals surface area contributed by atoms with Gasteiger partial charge in [0.1, 0.15) is 25.2 Å². The lowest BCUT2D eigenvalue weighted by Crippen LogP contribution is -2.39. The topological polar surface area (TPSA) is 64.8 Å². The molecule has 6 heteroatoms. The molecular formula is C22H37N3O3. The average Bonchev–Trinajstić information content (AvgIpc) is 3.39. The molecule has 0 N–H and O–H groups in total. The van der Waals surface area contributed by atoms with Gasteiger partial charge in [0.05, 0.1) is 18.1 Å². The number of nitrogens with zero attached hydrogens (tertiary/aromatic N) is 3. The van der Waals surface area contributed by atoms with Gasteiger partial charge in [-0.3, -0.25) is 0 Å². The molecule has 0 spiro atoms. The molecule has 0 aromatic heterocycles. The van der Waals surface area contributed by atoms with E-state index >= 15 is 0 Å². The van der Waals surface area contributed by atoms with E-state index in [1.54, 1.807) is 0 Å². The zero-order valence-corrected chi connectivity index (χ0v) is 18.6. The van der Waals surface area contributed by atoms with E-state index in [1.807, 2.05) is 0 Å². The summed E-state index contributed by atoms with van der Waals surface area (Å²) in [7, 11) is 0. The Morgan fingerprint density at radius 1 is 0.821 bits per heavy atom. The van der Waals surface area contributed by atoms with Crippen LogP contribution in [0.3, 0.4) is 0 Å². The molecule has 6 nitrogen and oxygen atoms in total. The van der Waals surface area contributed by atoms with E-state index in [4.69, 9.17) is 29.2 Å². The van der Waals surface area contributed by atoms with Gasteiger partial charge in [0.2, 0.25) is 0 Å². The van der Waals surface area contributed by atoms with Crippen molar-refractivity contribution in [3.63, 3.8) is 0 Å². The molecule has 3 rings (SSSR count). The fourth-order valence-electron chi connectivity index (χ4n) is 3.71. The number of hydrogen-bond donors (Lipinski definition) is 0. The SMILES string of the molecule is CCC(C)[C@H]1COC(CC(C)(C2=N[C@@H](C(C)C)CO2)C2=N[C@@H](C(C)C)CO2)=N1. The number of hydrogen-bond acceptors (Lipinski definition) is 6. The Labute approximate surface area is 169 Å². The zero-order valence-electron chi connectivity index (χ0n) is 18.6. The Bertz CT molecular complexity index is 619. The summed E-state index contributed by atoms with van der Waals surface area (Å²) in [5.41, 5.74) is -0.573. The minimum atomic E-state index is -0.573. The Kier molecular flexibility index (Phi) is 6.35. The minimum Gasteiger partial charge on any atom is -0.479 e. The maximum Gasteiger partial charge on any atom is 0.199 e. The fourth-order valence-corrected chi connectivity index (χ4v) is 3.71. The van der Waals surface area contributed by atoms with Crippen LogP contribution in [-0.2, 0) is 14.2 Å². The van der Waals surface area contributed by atoms with Crippen molar-refractivity contribution in [2.75, 3.05) is 19.8 Å². The molecule has 3 aliphatic rings. The molecule has 0 radical (unpaired) electrons. The first kappa shape index (κ1) is 21.1. The molecule has 0 fully saturated rings. The zero-order chi connectivity index (χ0) is 20.5. The Morgan fingerprint density at radius 3 is 1.75 bits per heavy atom. The second-order valence-corrected chi connectivity index (χ2v) is 9.41. The van der Waals surface area contributed by atoms with E-state index in [0.29, 0.717) is 55.8 Å². The summed E-state index contributed by atoms with van der Waals surface area (Å²) in [5, 5.41) is 0. The van der Waals surface area contributed by atoms with Gasteiger partial charge in [0.25, 0.3) is 0 Å². The lowest BCUT2D eigenvalue weighted by Gasteiger charge is -2.27. The monoisotopic (exact) mass is 391 g/mol. The van der Waals surface area contributed by atoms with Crippen LogP contribution >= 0.6 is 0 Å². The molecule has 0 saturated heterocycles. The Balaban J connectivity index is 1.88. The number of aliphatic imine (C=N–C) groups is 3. The van der Waals surface area contributed by atoms with Crippen LogP contribution in [0.1, 0.15) is 61.3 Å². The Hall–Kier alpha value is -1.59. The van der Waals surface area contributed by atoms with Gasteiger partial charge in [-0.05, 0) is 24.7 Å². The van der Waals surface area contributed by atoms with Gasteiger partial charge in [0.15, 0.2) is 17.7 Å². The second kappa shape index (κ2) is 8.42. The summed E-state index contributed by atoms with van der Waals surface area (Å²) in [6.07, 6.45) is 1.67. The van der Waals surface area contributed by atoms with Crippen molar-refractivity contribution in [2.24, 2.45) is 38.1 Å². The molecule has 4 atom stereocenters. The van der Waals surface area contributed by atoms with Gasteiger partial charge in [0, 0.05) is 6.42 Å². The first-order valence-electron chi connectivity index (χ1n) is 10.9. The maximum atomic E-state index is 6.08. The highest BCUT2D eigenvalue weighted by Crippen LogP contribution is 2.36. The van der Waals surface area contributed by atoms with Crippen LogP contribution in [-0.4, -0.2) is 55.6 Å². The molecule has 0 aromatic rings. The summed E-state index contributed by atoms with van der Waals surface area (Å²) < 4.78 is 18.1. The van der Waals surface area contributed by atoms with E-state index < -0.39 is 5.41 Å². The van der Waals surface area contributed by atoms with E-state index in [0.717, 1.165) is 12.3 Å². The lowest BCUT2D eigenvalue weighted by atomic mass is 9.85. The molecule has 1 unspecified atom stereocenters. The molecule has 0 saturated carbocycles. The predicted octanol–water partition coefficient (Wildman–Crippen LogP) is 4.13. The van der Waals surface area contributed by atoms with Crippen LogP contribution in [0.15, 0.2) is 15.0 Å². The molecule has 3 aliphatic heterocycles. The molecule has 0 aliphatic carbocycles. The maximum absolute atomic E-state index is 6.08. The largest absolute Gasteiger partial charge is 0.479 e. The molecule has 0 aromatic carbocycles. The molecule has 0 bridgehead atoms.